The average molecular weight is 487 g/mol. The second kappa shape index (κ2) is 8.04. The van der Waals surface area contributed by atoms with Gasteiger partial charge in [0.2, 0.25) is 0 Å². The number of methoxy groups -OCH3 is 1. The predicted molar refractivity (Wildman–Crippen MR) is 135 cm³/mol. The van der Waals surface area contributed by atoms with Gasteiger partial charge in [0.1, 0.15) is 22.9 Å². The lowest BCUT2D eigenvalue weighted by molar-refractivity contribution is 0.346. The van der Waals surface area contributed by atoms with Gasteiger partial charge in [0.25, 0.3) is 0 Å². The largest absolute Gasteiger partial charge is 0.508 e. The Bertz CT molecular complexity index is 1600. The Morgan fingerprint density at radius 2 is 2.08 bits per heavy atom. The van der Waals surface area contributed by atoms with E-state index in [9.17, 15) is 5.11 Å². The van der Waals surface area contributed by atoms with E-state index in [0.717, 1.165) is 12.8 Å². The summed E-state index contributed by atoms with van der Waals surface area (Å²) < 4.78 is 37.4. The number of fused-ring (bicyclic) bond motifs is 4. The maximum absolute atomic E-state index is 16.3. The molecule has 4 aromatic rings. The van der Waals surface area contributed by atoms with Gasteiger partial charge in [-0.25, -0.2) is 8.78 Å². The quantitative estimate of drug-likeness (QED) is 0.407. The monoisotopic (exact) mass is 486 g/mol. The number of phenols is 1. The highest BCUT2D eigenvalue weighted by Crippen LogP contribution is 2.42. The number of piperazine rings is 1. The normalized spacial score (nSPS) is 21.2. The van der Waals surface area contributed by atoms with Gasteiger partial charge in [-0.05, 0) is 49.4 Å². The van der Waals surface area contributed by atoms with E-state index < -0.39 is 11.6 Å². The van der Waals surface area contributed by atoms with Gasteiger partial charge in [-0.2, -0.15) is 9.97 Å². The minimum atomic E-state index is -0.866. The Hall–Kier alpha value is -3.96. The molecule has 3 aromatic carbocycles. The summed E-state index contributed by atoms with van der Waals surface area (Å²) in [7, 11) is 1.41. The zero-order chi connectivity index (χ0) is 25.2. The van der Waals surface area contributed by atoms with Gasteiger partial charge in [-0.3, -0.25) is 0 Å². The van der Waals surface area contributed by atoms with Crippen molar-refractivity contribution >= 4 is 27.5 Å². The van der Waals surface area contributed by atoms with Crippen molar-refractivity contribution in [3.05, 3.63) is 53.6 Å². The van der Waals surface area contributed by atoms with Crippen molar-refractivity contribution in [2.24, 2.45) is 0 Å². The van der Waals surface area contributed by atoms with Crippen molar-refractivity contribution in [1.82, 2.24) is 15.3 Å². The van der Waals surface area contributed by atoms with Crippen LogP contribution < -0.4 is 15.0 Å². The summed E-state index contributed by atoms with van der Waals surface area (Å²) in [6.07, 6.45) is 7.75. The number of nitrogens with one attached hydrogen (secondary N) is 1. The van der Waals surface area contributed by atoms with Crippen molar-refractivity contribution in [2.75, 3.05) is 25.1 Å². The number of terminal acetylenes is 1. The molecule has 8 heteroatoms. The molecule has 0 unspecified atom stereocenters. The third-order valence-electron chi connectivity index (χ3n) is 7.29. The molecular weight excluding hydrogens is 462 g/mol. The molecule has 0 amide bonds. The van der Waals surface area contributed by atoms with Crippen molar-refractivity contribution in [1.29, 1.82) is 0 Å². The lowest BCUT2D eigenvalue weighted by atomic mass is 9.93. The minimum Gasteiger partial charge on any atom is -0.508 e. The number of rotatable bonds is 3. The Morgan fingerprint density at radius 3 is 2.83 bits per heavy atom. The van der Waals surface area contributed by atoms with E-state index in [1.54, 1.807) is 18.2 Å². The lowest BCUT2D eigenvalue weighted by Gasteiger charge is -2.40. The summed E-state index contributed by atoms with van der Waals surface area (Å²) in [5.41, 5.74) is 0.148. The van der Waals surface area contributed by atoms with E-state index in [-0.39, 0.29) is 45.4 Å². The van der Waals surface area contributed by atoms with Gasteiger partial charge >= 0.3 is 6.01 Å². The number of anilines is 1. The van der Waals surface area contributed by atoms with Crippen LogP contribution in [0.1, 0.15) is 25.3 Å². The molecule has 2 saturated heterocycles. The van der Waals surface area contributed by atoms with Crippen LogP contribution in [0.3, 0.4) is 0 Å². The van der Waals surface area contributed by atoms with Crippen molar-refractivity contribution in [3.8, 4) is 35.2 Å². The van der Waals surface area contributed by atoms with Crippen LogP contribution in [0.2, 0.25) is 0 Å². The van der Waals surface area contributed by atoms with Gasteiger partial charge in [0.05, 0.1) is 12.7 Å². The van der Waals surface area contributed by atoms with Gasteiger partial charge in [-0.15, -0.1) is 6.42 Å². The van der Waals surface area contributed by atoms with Gasteiger partial charge in [0.15, 0.2) is 5.82 Å². The number of phenolic OH excluding ortho intramolecular Hbond substituents is 1. The van der Waals surface area contributed by atoms with E-state index in [4.69, 9.17) is 11.2 Å². The molecule has 6 rings (SSSR count). The van der Waals surface area contributed by atoms with Crippen LogP contribution in [0.4, 0.5) is 14.6 Å². The van der Waals surface area contributed by atoms with E-state index in [1.165, 1.54) is 25.3 Å². The van der Waals surface area contributed by atoms with E-state index in [0.29, 0.717) is 35.2 Å². The van der Waals surface area contributed by atoms with Crippen LogP contribution in [-0.4, -0.2) is 46.9 Å². The molecule has 36 heavy (non-hydrogen) atoms. The summed E-state index contributed by atoms with van der Waals surface area (Å²) in [6, 6.07) is 9.54. The molecule has 182 valence electrons. The Labute approximate surface area is 206 Å². The number of hydrogen-bond donors (Lipinski definition) is 2. The number of nitrogens with zero attached hydrogens (tertiary/aromatic N) is 3. The third-order valence-corrected chi connectivity index (χ3v) is 7.29. The fourth-order valence-electron chi connectivity index (χ4n) is 5.77. The summed E-state index contributed by atoms with van der Waals surface area (Å²) in [5.74, 6) is 1.23. The molecule has 0 spiro atoms. The van der Waals surface area contributed by atoms with Crippen molar-refractivity contribution in [3.63, 3.8) is 0 Å². The highest BCUT2D eigenvalue weighted by atomic mass is 19.1. The van der Waals surface area contributed by atoms with Crippen LogP contribution in [-0.2, 0) is 0 Å². The fraction of sp³-hybridized carbons (Fsp3) is 0.286. The number of benzene rings is 3. The van der Waals surface area contributed by atoms with Gasteiger partial charge < -0.3 is 20.1 Å². The van der Waals surface area contributed by atoms with Crippen LogP contribution in [0.15, 0.2) is 36.4 Å². The van der Waals surface area contributed by atoms with E-state index in [2.05, 4.69) is 33.0 Å². The number of halogens is 2. The predicted octanol–water partition coefficient (Wildman–Crippen LogP) is 4.75. The first-order chi connectivity index (χ1) is 17.3. The highest BCUT2D eigenvalue weighted by Gasteiger charge is 2.42. The SMILES string of the molecule is C#Cc1cccc2cc(O)cc(-c3c(F)cc4c(N5C[C@H]6CC[C@](C)(C5)N6)nc(OC)nc4c3F)c12. The number of hydrogen-bond acceptors (Lipinski definition) is 6. The third kappa shape index (κ3) is 3.42. The number of aromatic nitrogens is 2. The van der Waals surface area contributed by atoms with Gasteiger partial charge in [-0.1, -0.05) is 18.1 Å². The first-order valence-corrected chi connectivity index (χ1v) is 11.8. The zero-order valence-corrected chi connectivity index (χ0v) is 19.9. The zero-order valence-electron chi connectivity index (χ0n) is 19.9. The molecule has 0 radical (unpaired) electrons. The highest BCUT2D eigenvalue weighted by molar-refractivity contribution is 6.04. The van der Waals surface area contributed by atoms with E-state index >= 15 is 8.78 Å². The summed E-state index contributed by atoms with van der Waals surface area (Å²) in [5, 5.41) is 15.3. The lowest BCUT2D eigenvalue weighted by Crippen LogP contribution is -2.58. The van der Waals surface area contributed by atoms with Crippen LogP contribution >= 0.6 is 0 Å². The topological polar surface area (TPSA) is 70.5 Å². The second-order valence-electron chi connectivity index (χ2n) is 9.84. The Kier molecular flexibility index (Phi) is 5.02. The number of aromatic hydroxyl groups is 1. The minimum absolute atomic E-state index is 0.00456. The van der Waals surface area contributed by atoms with Crippen LogP contribution in [0.5, 0.6) is 11.8 Å². The maximum Gasteiger partial charge on any atom is 0.318 e. The molecule has 0 aliphatic carbocycles. The first kappa shape index (κ1) is 22.5. The smallest absolute Gasteiger partial charge is 0.318 e. The first-order valence-electron chi connectivity index (χ1n) is 11.8. The van der Waals surface area contributed by atoms with Crippen molar-refractivity contribution < 1.29 is 18.6 Å². The molecule has 3 heterocycles. The average Bonchev–Trinajstić information content (AvgIpc) is 3.14. The molecular formula is C28H24F2N4O2. The molecule has 2 atom stereocenters. The number of ether oxygens (including phenoxy) is 1. The molecule has 1 aromatic heterocycles. The van der Waals surface area contributed by atoms with Crippen LogP contribution in [0, 0.1) is 24.0 Å². The molecule has 2 aliphatic rings. The fourth-order valence-corrected chi connectivity index (χ4v) is 5.77. The van der Waals surface area contributed by atoms with E-state index in [1.807, 2.05) is 0 Å². The molecule has 6 nitrogen and oxygen atoms in total. The summed E-state index contributed by atoms with van der Waals surface area (Å²) in [4.78, 5) is 10.8. The second-order valence-corrected chi connectivity index (χ2v) is 9.84. The van der Waals surface area contributed by atoms with Crippen molar-refractivity contribution in [2.45, 2.75) is 31.3 Å². The maximum atomic E-state index is 16.3. The van der Waals surface area contributed by atoms with Gasteiger partial charge in [0, 0.05) is 46.6 Å². The molecule has 0 saturated carbocycles. The standard InChI is InChI=1S/C28H24F2N4O2/c1-4-15-6-5-7-16-10-18(35)11-19(22(15)16)23-21(29)12-20-25(24(23)30)31-27(36-3)32-26(20)34-13-17-8-9-28(2,14-34)33-17/h1,5-7,10-12,17,33,35H,8-9,13-14H2,2-3H3/t17-,28-/m1/s1. The Balaban J connectivity index is 1.62. The summed E-state index contributed by atoms with van der Waals surface area (Å²) in [6.45, 7) is 3.46. The van der Waals surface area contributed by atoms with Crippen LogP contribution in [0.25, 0.3) is 32.8 Å². The molecule has 2 bridgehead atoms. The Morgan fingerprint density at radius 1 is 1.25 bits per heavy atom. The molecule has 2 aliphatic heterocycles. The summed E-state index contributed by atoms with van der Waals surface area (Å²) >= 11 is 0. The molecule has 2 fully saturated rings. The molecule has 2 N–H and O–H groups in total.